The van der Waals surface area contributed by atoms with Gasteiger partial charge in [-0.2, -0.15) is 0 Å². The Bertz CT molecular complexity index is 274. The van der Waals surface area contributed by atoms with E-state index in [0.717, 1.165) is 0 Å². The van der Waals surface area contributed by atoms with Crippen molar-refractivity contribution in [2.45, 2.75) is 0 Å². The fraction of sp³-hybridized carbons (Fsp3) is 0.167. The van der Waals surface area contributed by atoms with Crippen LogP contribution in [-0.4, -0.2) is 28.1 Å². The van der Waals surface area contributed by atoms with Gasteiger partial charge in [0.1, 0.15) is 0 Å². The molecule has 0 aliphatic carbocycles. The molecule has 1 aromatic heterocycles. The van der Waals surface area contributed by atoms with E-state index in [4.69, 9.17) is 10.2 Å². The highest BCUT2D eigenvalue weighted by molar-refractivity contribution is 5.67. The highest BCUT2D eigenvalue weighted by Crippen LogP contribution is 2.18. The molecule has 0 spiro atoms. The van der Waals surface area contributed by atoms with Crippen molar-refractivity contribution in [1.82, 2.24) is 10.0 Å². The van der Waals surface area contributed by atoms with Gasteiger partial charge < -0.3 is 20.4 Å². The zero-order valence-electron chi connectivity index (χ0n) is 6.31. The molecule has 0 unspecified atom stereocenters. The highest BCUT2D eigenvalue weighted by Gasteiger charge is 2.09. The fourth-order valence-electron chi connectivity index (χ4n) is 0.624. The van der Waals surface area contributed by atoms with Crippen LogP contribution in [0.3, 0.4) is 0 Å². The number of amides is 1. The van der Waals surface area contributed by atoms with Crippen molar-refractivity contribution in [2.24, 2.45) is 0 Å². The summed E-state index contributed by atoms with van der Waals surface area (Å²) in [6, 6.07) is 2.39. The van der Waals surface area contributed by atoms with Crippen molar-refractivity contribution in [2.75, 3.05) is 7.05 Å². The quantitative estimate of drug-likeness (QED) is 0.541. The average Bonchev–Trinajstić information content (AvgIpc) is 2.35. The minimum atomic E-state index is -0.781. The molecule has 0 atom stereocenters. The molecule has 0 aliphatic heterocycles. The predicted octanol–water partition coefficient (Wildman–Crippen LogP) is -0.333. The van der Waals surface area contributed by atoms with E-state index in [-0.39, 0.29) is 11.8 Å². The normalized spacial score (nSPS) is 9.42. The Hall–Kier alpha value is -1.85. The standard InChI is InChI=1S/C6H8N2O4/c1-7-6(11)12-8-4(9)2-3-5(8)10/h2-3,9-10H,1H3,(H,7,11). The summed E-state index contributed by atoms with van der Waals surface area (Å²) < 4.78 is 0.596. The highest BCUT2D eigenvalue weighted by atomic mass is 16.7. The smallest absolute Gasteiger partial charge is 0.431 e. The number of carbonyl (C=O) groups is 1. The van der Waals surface area contributed by atoms with Crippen molar-refractivity contribution in [3.8, 4) is 11.8 Å². The van der Waals surface area contributed by atoms with Gasteiger partial charge in [-0.3, -0.25) is 0 Å². The van der Waals surface area contributed by atoms with Crippen molar-refractivity contribution in [3.63, 3.8) is 0 Å². The molecule has 0 saturated heterocycles. The Morgan fingerprint density at radius 3 is 2.42 bits per heavy atom. The summed E-state index contributed by atoms with van der Waals surface area (Å²) in [6.45, 7) is 0. The van der Waals surface area contributed by atoms with Crippen LogP contribution >= 0.6 is 0 Å². The van der Waals surface area contributed by atoms with Gasteiger partial charge in [-0.05, 0) is 0 Å². The summed E-state index contributed by atoms with van der Waals surface area (Å²) in [5.41, 5.74) is 0. The van der Waals surface area contributed by atoms with Crippen LogP contribution in [-0.2, 0) is 0 Å². The van der Waals surface area contributed by atoms with Crippen LogP contribution in [0.1, 0.15) is 0 Å². The van der Waals surface area contributed by atoms with Crippen LogP contribution in [0.25, 0.3) is 0 Å². The van der Waals surface area contributed by atoms with Gasteiger partial charge in [-0.1, -0.05) is 0 Å². The minimum absolute atomic E-state index is 0.351. The number of hydrogen-bond donors (Lipinski definition) is 3. The molecular weight excluding hydrogens is 164 g/mol. The fourth-order valence-corrected chi connectivity index (χ4v) is 0.624. The Balaban J connectivity index is 2.80. The number of hydrogen-bond acceptors (Lipinski definition) is 4. The summed E-state index contributed by atoms with van der Waals surface area (Å²) in [5.74, 6) is -0.702. The van der Waals surface area contributed by atoms with E-state index in [2.05, 4.69) is 10.2 Å². The van der Waals surface area contributed by atoms with Crippen LogP contribution in [0.2, 0.25) is 0 Å². The van der Waals surface area contributed by atoms with Crippen molar-refractivity contribution in [1.29, 1.82) is 0 Å². The zero-order valence-corrected chi connectivity index (χ0v) is 6.31. The minimum Gasteiger partial charge on any atom is -0.492 e. The summed E-state index contributed by atoms with van der Waals surface area (Å²) in [5, 5.41) is 20.1. The lowest BCUT2D eigenvalue weighted by atomic mass is 10.6. The first kappa shape index (κ1) is 8.25. The predicted molar refractivity (Wildman–Crippen MR) is 38.8 cm³/mol. The van der Waals surface area contributed by atoms with Crippen LogP contribution < -0.4 is 10.2 Å². The van der Waals surface area contributed by atoms with Crippen molar-refractivity contribution >= 4 is 6.09 Å². The molecule has 1 rings (SSSR count). The second-order valence-electron chi connectivity index (χ2n) is 1.97. The number of nitrogens with zero attached hydrogens (tertiary/aromatic N) is 1. The number of carbonyl (C=O) groups excluding carboxylic acids is 1. The van der Waals surface area contributed by atoms with E-state index in [9.17, 15) is 4.79 Å². The number of aromatic nitrogens is 1. The Labute approximate surface area is 67.9 Å². The number of rotatable bonds is 1. The van der Waals surface area contributed by atoms with Gasteiger partial charge in [0.2, 0.25) is 11.8 Å². The Morgan fingerprint density at radius 2 is 2.00 bits per heavy atom. The molecule has 0 fully saturated rings. The zero-order chi connectivity index (χ0) is 9.14. The third kappa shape index (κ3) is 1.42. The molecule has 6 heteroatoms. The molecule has 3 N–H and O–H groups in total. The van der Waals surface area contributed by atoms with Crippen molar-refractivity contribution in [3.05, 3.63) is 12.1 Å². The van der Waals surface area contributed by atoms with Gasteiger partial charge in [-0.15, -0.1) is 4.73 Å². The molecule has 0 bridgehead atoms. The van der Waals surface area contributed by atoms with Crippen LogP contribution in [0.5, 0.6) is 11.8 Å². The molecule has 12 heavy (non-hydrogen) atoms. The van der Waals surface area contributed by atoms with E-state index in [0.29, 0.717) is 4.73 Å². The number of aromatic hydroxyl groups is 2. The van der Waals surface area contributed by atoms with Crippen molar-refractivity contribution < 1.29 is 19.8 Å². The van der Waals surface area contributed by atoms with Gasteiger partial charge in [0, 0.05) is 19.2 Å². The molecule has 1 heterocycles. The van der Waals surface area contributed by atoms with E-state index in [1.54, 1.807) is 0 Å². The van der Waals surface area contributed by atoms with Crippen LogP contribution in [0.15, 0.2) is 12.1 Å². The summed E-state index contributed by atoms with van der Waals surface area (Å²) in [6.07, 6.45) is -0.781. The van der Waals surface area contributed by atoms with E-state index < -0.39 is 6.09 Å². The largest absolute Gasteiger partial charge is 0.492 e. The molecule has 6 nitrogen and oxygen atoms in total. The van der Waals surface area contributed by atoms with E-state index >= 15 is 0 Å². The topological polar surface area (TPSA) is 83.7 Å². The van der Waals surface area contributed by atoms with Crippen LogP contribution in [0, 0.1) is 0 Å². The molecule has 1 amide bonds. The van der Waals surface area contributed by atoms with Gasteiger partial charge in [-0.25, -0.2) is 4.79 Å². The molecule has 0 saturated carbocycles. The first-order valence-corrected chi connectivity index (χ1v) is 3.15. The first-order valence-electron chi connectivity index (χ1n) is 3.15. The molecule has 0 aliphatic rings. The molecule has 1 aromatic rings. The van der Waals surface area contributed by atoms with Gasteiger partial charge in [0.05, 0.1) is 0 Å². The monoisotopic (exact) mass is 172 g/mol. The van der Waals surface area contributed by atoms with Crippen LogP contribution in [0.4, 0.5) is 4.79 Å². The number of nitrogens with one attached hydrogen (secondary N) is 1. The molecule has 0 radical (unpaired) electrons. The second-order valence-corrected chi connectivity index (χ2v) is 1.97. The maximum absolute atomic E-state index is 10.6. The summed E-state index contributed by atoms with van der Waals surface area (Å²) >= 11 is 0. The maximum atomic E-state index is 10.6. The molecular formula is C6H8N2O4. The van der Waals surface area contributed by atoms with Gasteiger partial charge in [0.15, 0.2) is 0 Å². The molecule has 0 aromatic carbocycles. The van der Waals surface area contributed by atoms with Gasteiger partial charge in [0.25, 0.3) is 0 Å². The van der Waals surface area contributed by atoms with Gasteiger partial charge >= 0.3 is 6.09 Å². The lowest BCUT2D eigenvalue weighted by Crippen LogP contribution is -2.28. The lowest BCUT2D eigenvalue weighted by molar-refractivity contribution is 0.110. The summed E-state index contributed by atoms with van der Waals surface area (Å²) in [4.78, 5) is 15.0. The second kappa shape index (κ2) is 3.04. The lowest BCUT2D eigenvalue weighted by Gasteiger charge is -2.04. The maximum Gasteiger partial charge on any atom is 0.431 e. The van der Waals surface area contributed by atoms with E-state index in [1.165, 1.54) is 19.2 Å². The third-order valence-electron chi connectivity index (χ3n) is 1.18. The SMILES string of the molecule is CNC(=O)On1c(O)ccc1O. The average molecular weight is 172 g/mol. The third-order valence-corrected chi connectivity index (χ3v) is 1.18. The van der Waals surface area contributed by atoms with E-state index in [1.807, 2.05) is 0 Å². The summed E-state index contributed by atoms with van der Waals surface area (Å²) in [7, 11) is 1.36. The Morgan fingerprint density at radius 1 is 1.50 bits per heavy atom. The Kier molecular flexibility index (Phi) is 2.09. The first-order chi connectivity index (χ1) is 5.65. The molecule has 66 valence electrons.